The van der Waals surface area contributed by atoms with Crippen molar-refractivity contribution in [1.29, 1.82) is 0 Å². The molecule has 1 saturated heterocycles. The van der Waals surface area contributed by atoms with Crippen LogP contribution in [0.15, 0.2) is 22.8 Å². The Labute approximate surface area is 128 Å². The smallest absolute Gasteiger partial charge is 0.200 e. The highest BCUT2D eigenvalue weighted by Gasteiger charge is 2.36. The summed E-state index contributed by atoms with van der Waals surface area (Å²) in [6, 6.07) is 1.69. The minimum atomic E-state index is -2.18. The van der Waals surface area contributed by atoms with Gasteiger partial charge in [0.25, 0.3) is 0 Å². The first-order valence-electron chi connectivity index (χ1n) is 6.89. The van der Waals surface area contributed by atoms with E-state index in [0.29, 0.717) is 0 Å². The Balaban J connectivity index is 2.18. The van der Waals surface area contributed by atoms with Crippen LogP contribution in [0.4, 0.5) is 22.0 Å². The van der Waals surface area contributed by atoms with Gasteiger partial charge in [-0.2, -0.15) is 0 Å². The fourth-order valence-electron chi connectivity index (χ4n) is 2.65. The number of hydrogen-bond donors (Lipinski definition) is 0. The Morgan fingerprint density at radius 3 is 1.96 bits per heavy atom. The van der Waals surface area contributed by atoms with Crippen LogP contribution in [0, 0.1) is 29.1 Å². The van der Waals surface area contributed by atoms with Crippen molar-refractivity contribution in [2.75, 3.05) is 26.3 Å². The molecule has 8 heteroatoms. The van der Waals surface area contributed by atoms with Gasteiger partial charge in [0.05, 0.1) is 31.1 Å². The summed E-state index contributed by atoms with van der Waals surface area (Å²) in [4.78, 5) is 1.56. The van der Waals surface area contributed by atoms with Crippen molar-refractivity contribution in [1.82, 2.24) is 4.90 Å². The van der Waals surface area contributed by atoms with Crippen LogP contribution in [-0.2, 0) is 4.74 Å². The summed E-state index contributed by atoms with van der Waals surface area (Å²) in [6.07, 6.45) is 1.27. The molecule has 0 spiro atoms. The van der Waals surface area contributed by atoms with Crippen molar-refractivity contribution in [3.8, 4) is 0 Å². The van der Waals surface area contributed by atoms with Gasteiger partial charge in [0, 0.05) is 13.1 Å². The fraction of sp³-hybridized carbons (Fsp3) is 0.333. The summed E-state index contributed by atoms with van der Waals surface area (Å²) in [6.45, 7) is 1.11. The zero-order valence-corrected chi connectivity index (χ0v) is 11.8. The van der Waals surface area contributed by atoms with E-state index in [-0.39, 0.29) is 32.1 Å². The summed E-state index contributed by atoms with van der Waals surface area (Å²) >= 11 is 0. The molecule has 1 atom stereocenters. The van der Waals surface area contributed by atoms with Gasteiger partial charge < -0.3 is 9.15 Å². The first-order chi connectivity index (χ1) is 11.0. The second-order valence-electron chi connectivity index (χ2n) is 5.05. The van der Waals surface area contributed by atoms with Gasteiger partial charge in [-0.1, -0.05) is 0 Å². The molecule has 3 nitrogen and oxygen atoms in total. The first-order valence-corrected chi connectivity index (χ1v) is 6.89. The molecule has 0 N–H and O–H groups in total. The molecular formula is C15H12F5NO2. The number of rotatable bonds is 3. The summed E-state index contributed by atoms with van der Waals surface area (Å²) in [5.74, 6) is -9.73. The number of nitrogens with zero attached hydrogens (tertiary/aromatic N) is 1. The third-order valence-electron chi connectivity index (χ3n) is 3.74. The Bertz CT molecular complexity index is 669. The Morgan fingerprint density at radius 2 is 1.43 bits per heavy atom. The van der Waals surface area contributed by atoms with Crippen LogP contribution < -0.4 is 0 Å². The molecule has 1 aliphatic rings. The van der Waals surface area contributed by atoms with Crippen molar-refractivity contribution < 1.29 is 31.1 Å². The third-order valence-corrected chi connectivity index (χ3v) is 3.74. The molecule has 3 rings (SSSR count). The number of hydrogen-bond acceptors (Lipinski definition) is 3. The van der Waals surface area contributed by atoms with Gasteiger partial charge >= 0.3 is 0 Å². The Morgan fingerprint density at radius 1 is 0.870 bits per heavy atom. The van der Waals surface area contributed by atoms with Gasteiger partial charge in [0.1, 0.15) is 5.76 Å². The average Bonchev–Trinajstić information content (AvgIpc) is 3.10. The van der Waals surface area contributed by atoms with Gasteiger partial charge in [-0.05, 0) is 12.1 Å². The minimum Gasteiger partial charge on any atom is -0.467 e. The molecule has 0 radical (unpaired) electrons. The highest BCUT2D eigenvalue weighted by Crippen LogP contribution is 2.36. The number of morpholine rings is 1. The highest BCUT2D eigenvalue weighted by molar-refractivity contribution is 5.32. The van der Waals surface area contributed by atoms with Crippen molar-refractivity contribution in [3.63, 3.8) is 0 Å². The number of furan rings is 1. The quantitative estimate of drug-likeness (QED) is 0.489. The van der Waals surface area contributed by atoms with Gasteiger partial charge in [-0.3, -0.25) is 4.90 Å². The van der Waals surface area contributed by atoms with Crippen molar-refractivity contribution >= 4 is 0 Å². The van der Waals surface area contributed by atoms with Crippen molar-refractivity contribution in [2.24, 2.45) is 0 Å². The van der Waals surface area contributed by atoms with E-state index in [1.54, 1.807) is 4.90 Å². The predicted molar refractivity (Wildman–Crippen MR) is 69.2 cm³/mol. The number of ether oxygens (including phenoxy) is 1. The summed E-state index contributed by atoms with van der Waals surface area (Å²) in [5, 5.41) is 0. The molecular weight excluding hydrogens is 321 g/mol. The summed E-state index contributed by atoms with van der Waals surface area (Å²) in [7, 11) is 0. The lowest BCUT2D eigenvalue weighted by Crippen LogP contribution is -2.40. The van der Waals surface area contributed by atoms with E-state index in [0.717, 1.165) is 0 Å². The van der Waals surface area contributed by atoms with Crippen LogP contribution in [-0.4, -0.2) is 31.2 Å². The maximum absolute atomic E-state index is 14.2. The van der Waals surface area contributed by atoms with E-state index >= 15 is 0 Å². The number of benzene rings is 1. The van der Waals surface area contributed by atoms with E-state index in [9.17, 15) is 22.0 Å². The summed E-state index contributed by atoms with van der Waals surface area (Å²) < 4.78 is 79.0. The monoisotopic (exact) mass is 333 g/mol. The van der Waals surface area contributed by atoms with Crippen LogP contribution in [0.2, 0.25) is 0 Å². The fourth-order valence-corrected chi connectivity index (χ4v) is 2.65. The normalized spacial score (nSPS) is 17.4. The maximum atomic E-state index is 14.2. The van der Waals surface area contributed by atoms with E-state index in [2.05, 4.69) is 0 Å². The molecule has 0 amide bonds. The minimum absolute atomic E-state index is 0.0927. The lowest BCUT2D eigenvalue weighted by molar-refractivity contribution is 0.0185. The standard InChI is InChI=1S/C15H12F5NO2/c16-10-9(11(17)13(19)14(20)12(10)18)15(8-2-1-5-23-8)21-3-6-22-7-4-21/h1-2,5,15H,3-4,6-7H2. The molecule has 0 bridgehead atoms. The van der Waals surface area contributed by atoms with E-state index < -0.39 is 40.7 Å². The van der Waals surface area contributed by atoms with E-state index in [1.807, 2.05) is 0 Å². The average molecular weight is 333 g/mol. The molecule has 1 unspecified atom stereocenters. The highest BCUT2D eigenvalue weighted by atomic mass is 19.2. The molecule has 1 aromatic heterocycles. The predicted octanol–water partition coefficient (Wildman–Crippen LogP) is 3.40. The molecule has 1 fully saturated rings. The van der Waals surface area contributed by atoms with Crippen LogP contribution in [0.3, 0.4) is 0 Å². The second kappa shape index (κ2) is 6.29. The van der Waals surface area contributed by atoms with Gasteiger partial charge in [0.15, 0.2) is 23.3 Å². The van der Waals surface area contributed by atoms with Crippen LogP contribution in [0.1, 0.15) is 17.4 Å². The van der Waals surface area contributed by atoms with Gasteiger partial charge in [0.2, 0.25) is 5.82 Å². The topological polar surface area (TPSA) is 25.6 Å². The number of halogens is 5. The van der Waals surface area contributed by atoms with Crippen LogP contribution in [0.5, 0.6) is 0 Å². The second-order valence-corrected chi connectivity index (χ2v) is 5.05. The van der Waals surface area contributed by atoms with Crippen molar-refractivity contribution in [3.05, 3.63) is 58.8 Å². The molecule has 124 valence electrons. The molecule has 0 saturated carbocycles. The Hall–Kier alpha value is -1.93. The molecule has 1 aromatic carbocycles. The van der Waals surface area contributed by atoms with Gasteiger partial charge in [-0.25, -0.2) is 22.0 Å². The molecule has 1 aliphatic heterocycles. The lowest BCUT2D eigenvalue weighted by Gasteiger charge is -2.33. The third kappa shape index (κ3) is 2.72. The SMILES string of the molecule is Fc1c(F)c(F)c(C(c2ccco2)N2CCOCC2)c(F)c1F. The zero-order valence-electron chi connectivity index (χ0n) is 11.8. The zero-order chi connectivity index (χ0) is 16.6. The molecule has 23 heavy (non-hydrogen) atoms. The molecule has 2 aromatic rings. The molecule has 2 heterocycles. The van der Waals surface area contributed by atoms with E-state index in [4.69, 9.17) is 9.15 Å². The van der Waals surface area contributed by atoms with Crippen LogP contribution >= 0.6 is 0 Å². The maximum Gasteiger partial charge on any atom is 0.200 e. The van der Waals surface area contributed by atoms with Gasteiger partial charge in [-0.15, -0.1) is 0 Å². The van der Waals surface area contributed by atoms with Crippen LogP contribution in [0.25, 0.3) is 0 Å². The lowest BCUT2D eigenvalue weighted by atomic mass is 10.00. The largest absolute Gasteiger partial charge is 0.467 e. The first kappa shape index (κ1) is 15.9. The summed E-state index contributed by atoms with van der Waals surface area (Å²) in [5.41, 5.74) is -0.918. The van der Waals surface area contributed by atoms with Crippen molar-refractivity contribution in [2.45, 2.75) is 6.04 Å². The Kier molecular flexibility index (Phi) is 4.36. The molecule has 0 aliphatic carbocycles. The van der Waals surface area contributed by atoms with E-state index in [1.165, 1.54) is 18.4 Å².